The van der Waals surface area contributed by atoms with Crippen molar-refractivity contribution in [3.63, 3.8) is 0 Å². The lowest BCUT2D eigenvalue weighted by molar-refractivity contribution is -0.131. The fourth-order valence-corrected chi connectivity index (χ4v) is 2.60. The average molecular weight is 391 g/mol. The van der Waals surface area contributed by atoms with Crippen molar-refractivity contribution in [1.29, 1.82) is 0 Å². The van der Waals surface area contributed by atoms with Crippen molar-refractivity contribution in [3.8, 4) is 11.5 Å². The Hall–Kier alpha value is -2.27. The summed E-state index contributed by atoms with van der Waals surface area (Å²) in [5, 5.41) is 8.64. The predicted octanol–water partition coefficient (Wildman–Crippen LogP) is 4.62. The van der Waals surface area contributed by atoms with Crippen molar-refractivity contribution < 1.29 is 19.4 Å². The number of benzene rings is 2. The maximum Gasteiger partial charge on any atom is 0.328 e. The number of aryl methyl sites for hydroxylation is 1. The minimum atomic E-state index is -0.977. The molecule has 0 saturated carbocycles. The number of carboxylic acid groups (broad SMARTS) is 1. The van der Waals surface area contributed by atoms with Gasteiger partial charge in [0.25, 0.3) is 0 Å². The molecule has 0 aliphatic carbocycles. The topological polar surface area (TPSA) is 55.8 Å². The lowest BCUT2D eigenvalue weighted by atomic mass is 10.1. The summed E-state index contributed by atoms with van der Waals surface area (Å²) < 4.78 is 12.2. The maximum atomic E-state index is 10.5. The van der Waals surface area contributed by atoms with Crippen molar-refractivity contribution in [2.75, 3.05) is 13.2 Å². The Kier molecular flexibility index (Phi) is 6.44. The quantitative estimate of drug-likeness (QED) is 0.553. The first-order valence-electron chi connectivity index (χ1n) is 7.50. The number of halogens is 1. The summed E-state index contributed by atoms with van der Waals surface area (Å²) in [6.07, 6.45) is 2.63. The van der Waals surface area contributed by atoms with Gasteiger partial charge in [0, 0.05) is 6.08 Å². The molecule has 0 spiro atoms. The fraction of sp³-hybridized carbons (Fsp3) is 0.211. The Morgan fingerprint density at radius 2 is 1.83 bits per heavy atom. The van der Waals surface area contributed by atoms with Gasteiger partial charge in [-0.3, -0.25) is 0 Å². The molecule has 0 radical (unpaired) electrons. The summed E-state index contributed by atoms with van der Waals surface area (Å²) in [7, 11) is 0. The van der Waals surface area contributed by atoms with Gasteiger partial charge in [0.05, 0.1) is 4.47 Å². The van der Waals surface area contributed by atoms with Crippen LogP contribution in [0.1, 0.15) is 16.7 Å². The van der Waals surface area contributed by atoms with Gasteiger partial charge in [-0.25, -0.2) is 4.79 Å². The van der Waals surface area contributed by atoms with Crippen LogP contribution in [0.2, 0.25) is 0 Å². The molecule has 0 saturated heterocycles. The molecule has 0 bridgehead atoms. The van der Waals surface area contributed by atoms with Gasteiger partial charge in [0.15, 0.2) is 0 Å². The largest absolute Gasteiger partial charge is 0.490 e. The van der Waals surface area contributed by atoms with Crippen LogP contribution >= 0.6 is 15.9 Å². The summed E-state index contributed by atoms with van der Waals surface area (Å²) in [5.74, 6) is 0.578. The van der Waals surface area contributed by atoms with Gasteiger partial charge in [-0.2, -0.15) is 0 Å². The van der Waals surface area contributed by atoms with Gasteiger partial charge in [0.1, 0.15) is 24.7 Å². The zero-order valence-electron chi connectivity index (χ0n) is 13.6. The van der Waals surface area contributed by atoms with Crippen LogP contribution in [-0.2, 0) is 4.79 Å². The van der Waals surface area contributed by atoms with Crippen molar-refractivity contribution >= 4 is 28.0 Å². The lowest BCUT2D eigenvalue weighted by Gasteiger charge is -2.12. The monoisotopic (exact) mass is 390 g/mol. The molecule has 4 nitrogen and oxygen atoms in total. The molecule has 0 heterocycles. The van der Waals surface area contributed by atoms with Gasteiger partial charge in [-0.15, -0.1) is 0 Å². The molecule has 0 aromatic heterocycles. The van der Waals surface area contributed by atoms with Gasteiger partial charge in [-0.05, 0) is 70.7 Å². The number of ether oxygens (including phenoxy) is 2. The number of rotatable bonds is 7. The highest BCUT2D eigenvalue weighted by atomic mass is 79.9. The third kappa shape index (κ3) is 5.13. The van der Waals surface area contributed by atoms with Crippen LogP contribution in [0.25, 0.3) is 6.08 Å². The van der Waals surface area contributed by atoms with E-state index in [4.69, 9.17) is 14.6 Å². The number of carbonyl (C=O) groups is 1. The van der Waals surface area contributed by atoms with Crippen LogP contribution in [0.4, 0.5) is 0 Å². The van der Waals surface area contributed by atoms with E-state index in [0.717, 1.165) is 27.4 Å². The molecule has 1 N–H and O–H groups in total. The van der Waals surface area contributed by atoms with Crippen LogP contribution in [0.15, 0.2) is 46.9 Å². The number of aliphatic carboxylic acids is 1. The van der Waals surface area contributed by atoms with E-state index in [1.165, 1.54) is 11.6 Å². The SMILES string of the molecule is Cc1cccc(OCCOc2ccc(C=CC(=O)O)cc2Br)c1C. The molecule has 0 aliphatic heterocycles. The molecule has 0 unspecified atom stereocenters. The molecule has 2 rings (SSSR count). The van der Waals surface area contributed by atoms with E-state index in [-0.39, 0.29) is 0 Å². The van der Waals surface area contributed by atoms with E-state index in [0.29, 0.717) is 19.0 Å². The van der Waals surface area contributed by atoms with Crippen LogP contribution < -0.4 is 9.47 Å². The second-order valence-corrected chi connectivity index (χ2v) is 6.11. The smallest absolute Gasteiger partial charge is 0.328 e. The van der Waals surface area contributed by atoms with Crippen molar-refractivity contribution in [2.24, 2.45) is 0 Å². The van der Waals surface area contributed by atoms with Gasteiger partial charge >= 0.3 is 5.97 Å². The summed E-state index contributed by atoms with van der Waals surface area (Å²) >= 11 is 3.43. The molecule has 5 heteroatoms. The van der Waals surface area contributed by atoms with Crippen LogP contribution in [0.5, 0.6) is 11.5 Å². The highest BCUT2D eigenvalue weighted by Crippen LogP contribution is 2.26. The molecule has 0 atom stereocenters. The second-order valence-electron chi connectivity index (χ2n) is 5.26. The number of hydrogen-bond donors (Lipinski definition) is 1. The molecule has 126 valence electrons. The molecule has 0 amide bonds. The molecular formula is C19H19BrO4. The highest BCUT2D eigenvalue weighted by molar-refractivity contribution is 9.10. The molecule has 2 aromatic carbocycles. The van der Waals surface area contributed by atoms with E-state index in [1.807, 2.05) is 19.1 Å². The Labute approximate surface area is 149 Å². The predicted molar refractivity (Wildman–Crippen MR) is 97.7 cm³/mol. The van der Waals surface area contributed by atoms with E-state index < -0.39 is 5.97 Å². The first kappa shape index (κ1) is 18.1. The normalized spacial score (nSPS) is 10.8. The molecular weight excluding hydrogens is 372 g/mol. The number of carboxylic acids is 1. The van der Waals surface area contributed by atoms with Crippen LogP contribution in [0, 0.1) is 13.8 Å². The van der Waals surface area contributed by atoms with Gasteiger partial charge in [-0.1, -0.05) is 18.2 Å². The Bertz CT molecular complexity index is 753. The maximum absolute atomic E-state index is 10.5. The van der Waals surface area contributed by atoms with Gasteiger partial charge in [0.2, 0.25) is 0 Å². The zero-order chi connectivity index (χ0) is 17.5. The van der Waals surface area contributed by atoms with Crippen molar-refractivity contribution in [3.05, 3.63) is 63.6 Å². The molecule has 0 fully saturated rings. The standard InChI is InChI=1S/C19H19BrO4/c1-13-4-3-5-17(14(13)2)23-10-11-24-18-8-6-15(12-16(18)20)7-9-19(21)22/h3-9,12H,10-11H2,1-2H3,(H,21,22). The average Bonchev–Trinajstić information content (AvgIpc) is 2.54. The van der Waals surface area contributed by atoms with Crippen molar-refractivity contribution in [2.45, 2.75) is 13.8 Å². The second kappa shape index (κ2) is 8.55. The van der Waals surface area contributed by atoms with E-state index >= 15 is 0 Å². The Balaban J connectivity index is 1.88. The molecule has 0 aliphatic rings. The summed E-state index contributed by atoms with van der Waals surface area (Å²) in [6, 6.07) is 11.4. The highest BCUT2D eigenvalue weighted by Gasteiger charge is 2.04. The summed E-state index contributed by atoms with van der Waals surface area (Å²) in [5.41, 5.74) is 3.11. The van der Waals surface area contributed by atoms with E-state index in [9.17, 15) is 4.79 Å². The summed E-state index contributed by atoms with van der Waals surface area (Å²) in [6.45, 7) is 4.94. The van der Waals surface area contributed by atoms with Crippen LogP contribution in [-0.4, -0.2) is 24.3 Å². The molecule has 2 aromatic rings. The Morgan fingerprint density at radius 1 is 1.12 bits per heavy atom. The Morgan fingerprint density at radius 3 is 2.50 bits per heavy atom. The minimum Gasteiger partial charge on any atom is -0.490 e. The summed E-state index contributed by atoms with van der Waals surface area (Å²) in [4.78, 5) is 10.5. The third-order valence-corrected chi connectivity index (χ3v) is 4.15. The molecule has 24 heavy (non-hydrogen) atoms. The fourth-order valence-electron chi connectivity index (χ4n) is 2.09. The first-order valence-corrected chi connectivity index (χ1v) is 8.29. The first-order chi connectivity index (χ1) is 11.5. The zero-order valence-corrected chi connectivity index (χ0v) is 15.2. The third-order valence-electron chi connectivity index (χ3n) is 3.53. The van der Waals surface area contributed by atoms with E-state index in [2.05, 4.69) is 28.9 Å². The van der Waals surface area contributed by atoms with E-state index in [1.54, 1.807) is 18.2 Å². The lowest BCUT2D eigenvalue weighted by Crippen LogP contribution is -2.10. The van der Waals surface area contributed by atoms with Crippen molar-refractivity contribution in [1.82, 2.24) is 0 Å². The van der Waals surface area contributed by atoms with Crippen LogP contribution in [0.3, 0.4) is 0 Å². The minimum absolute atomic E-state index is 0.413. The number of hydrogen-bond acceptors (Lipinski definition) is 3. The van der Waals surface area contributed by atoms with Gasteiger partial charge < -0.3 is 14.6 Å².